The normalized spacial score (nSPS) is 22.2. The first kappa shape index (κ1) is 19.1. The molecule has 156 valence electrons. The number of hydrogen-bond acceptors (Lipinski definition) is 6. The van der Waals surface area contributed by atoms with Crippen LogP contribution in [-0.2, 0) is 22.4 Å². The minimum atomic E-state index is -0.432. The Morgan fingerprint density at radius 2 is 2.07 bits per heavy atom. The van der Waals surface area contributed by atoms with Gasteiger partial charge in [0.05, 0.1) is 6.54 Å². The lowest BCUT2D eigenvalue weighted by molar-refractivity contribution is -0.118. The molecule has 2 atom stereocenters. The molecule has 2 aliphatic heterocycles. The first-order chi connectivity index (χ1) is 14.5. The van der Waals surface area contributed by atoms with Crippen LogP contribution >= 0.6 is 11.6 Å². The Kier molecular flexibility index (Phi) is 4.96. The van der Waals surface area contributed by atoms with Gasteiger partial charge in [0.15, 0.2) is 18.2 Å². The molecule has 2 amide bonds. The second-order valence-electron chi connectivity index (χ2n) is 7.73. The highest BCUT2D eigenvalue weighted by molar-refractivity contribution is 6.30. The van der Waals surface area contributed by atoms with Gasteiger partial charge in [-0.15, -0.1) is 0 Å². The Hall–Kier alpha value is -2.84. The smallest absolute Gasteiger partial charge is 0.415 e. The van der Waals surface area contributed by atoms with Crippen molar-refractivity contribution in [3.8, 4) is 5.75 Å². The lowest BCUT2D eigenvalue weighted by atomic mass is 10.1. The maximum Gasteiger partial charge on any atom is 0.415 e. The summed E-state index contributed by atoms with van der Waals surface area (Å²) in [6, 6.07) is 9.82. The van der Waals surface area contributed by atoms with Gasteiger partial charge >= 0.3 is 6.09 Å². The van der Waals surface area contributed by atoms with E-state index in [2.05, 4.69) is 21.7 Å². The fraction of sp³-hybridized carbons (Fsp3) is 0.381. The van der Waals surface area contributed by atoms with E-state index in [0.29, 0.717) is 36.4 Å². The summed E-state index contributed by atoms with van der Waals surface area (Å²) in [4.78, 5) is 29.7. The van der Waals surface area contributed by atoms with E-state index < -0.39 is 6.09 Å². The zero-order valence-electron chi connectivity index (χ0n) is 16.2. The molecule has 0 spiro atoms. The van der Waals surface area contributed by atoms with Crippen LogP contribution in [0.4, 0.5) is 16.4 Å². The van der Waals surface area contributed by atoms with E-state index >= 15 is 0 Å². The molecule has 30 heavy (non-hydrogen) atoms. The van der Waals surface area contributed by atoms with E-state index in [4.69, 9.17) is 21.1 Å². The minimum absolute atomic E-state index is 0.0338. The number of carbonyl (C=O) groups excluding carboxylic acids is 2. The first-order valence-electron chi connectivity index (χ1n) is 9.98. The lowest BCUT2D eigenvalue weighted by Gasteiger charge is -2.19. The number of nitrogens with zero attached hydrogens (tertiary/aromatic N) is 2. The van der Waals surface area contributed by atoms with Crippen molar-refractivity contribution < 1.29 is 19.1 Å². The van der Waals surface area contributed by atoms with Crippen molar-refractivity contribution in [3.63, 3.8) is 0 Å². The molecule has 1 aliphatic carbocycles. The number of hydrogen-bond donors (Lipinski definition) is 2. The molecule has 0 radical (unpaired) electrons. The van der Waals surface area contributed by atoms with Crippen molar-refractivity contribution in [2.45, 2.75) is 31.4 Å². The van der Waals surface area contributed by atoms with Gasteiger partial charge in [0.25, 0.3) is 5.91 Å². The summed E-state index contributed by atoms with van der Waals surface area (Å²) in [6.45, 7) is 1.13. The topological polar surface area (TPSA) is 92.8 Å². The van der Waals surface area contributed by atoms with Crippen molar-refractivity contribution in [2.75, 3.05) is 29.9 Å². The highest BCUT2D eigenvalue weighted by Crippen LogP contribution is 2.30. The van der Waals surface area contributed by atoms with Gasteiger partial charge in [0, 0.05) is 11.1 Å². The number of aromatic nitrogens is 1. The van der Waals surface area contributed by atoms with Gasteiger partial charge in [0.1, 0.15) is 11.9 Å². The van der Waals surface area contributed by atoms with Crippen LogP contribution in [0.3, 0.4) is 0 Å². The van der Waals surface area contributed by atoms with Crippen LogP contribution in [0.5, 0.6) is 5.75 Å². The molecular formula is C21H21ClN4O4. The number of fused-ring (bicyclic) bond motifs is 2. The Labute approximate surface area is 178 Å². The molecule has 5 rings (SSSR count). The molecule has 2 aromatic rings. The van der Waals surface area contributed by atoms with Crippen LogP contribution in [0.15, 0.2) is 30.3 Å². The standard InChI is InChI=1S/C21H21ClN4O4/c22-14-2-1-12-8-15(9-13(12)7-14)23-6-5-16-10-26(21(28)30-16)18-4-3-17-20(24-18)25-19(27)11-29-17/h1-4,7,15-16,23H,5-6,8-11H2,(H,24,25,27). The van der Waals surface area contributed by atoms with E-state index in [9.17, 15) is 9.59 Å². The number of cyclic esters (lactones) is 1. The number of halogens is 1. The number of ether oxygens (including phenoxy) is 2. The maximum atomic E-state index is 12.3. The first-order valence-corrected chi connectivity index (χ1v) is 10.4. The Morgan fingerprint density at radius 3 is 2.97 bits per heavy atom. The number of amides is 2. The molecule has 9 heteroatoms. The monoisotopic (exact) mass is 428 g/mol. The summed E-state index contributed by atoms with van der Waals surface area (Å²) in [7, 11) is 0. The van der Waals surface area contributed by atoms with Gasteiger partial charge in [-0.1, -0.05) is 17.7 Å². The zero-order chi connectivity index (χ0) is 20.7. The van der Waals surface area contributed by atoms with Crippen molar-refractivity contribution >= 4 is 35.2 Å². The second-order valence-corrected chi connectivity index (χ2v) is 8.17. The van der Waals surface area contributed by atoms with Crippen molar-refractivity contribution in [3.05, 3.63) is 46.5 Å². The van der Waals surface area contributed by atoms with Gasteiger partial charge in [0.2, 0.25) is 0 Å². The van der Waals surface area contributed by atoms with Crippen molar-refractivity contribution in [1.29, 1.82) is 0 Å². The summed E-state index contributed by atoms with van der Waals surface area (Å²) in [5.41, 5.74) is 2.64. The largest absolute Gasteiger partial charge is 0.480 e. The predicted octanol–water partition coefficient (Wildman–Crippen LogP) is 2.54. The molecule has 3 heterocycles. The van der Waals surface area contributed by atoms with Crippen LogP contribution in [0.25, 0.3) is 0 Å². The van der Waals surface area contributed by atoms with Crippen LogP contribution in [0, 0.1) is 0 Å². The van der Waals surface area contributed by atoms with Crippen LogP contribution in [0.1, 0.15) is 17.5 Å². The summed E-state index contributed by atoms with van der Waals surface area (Å²) in [5.74, 6) is 0.979. The number of pyridine rings is 1. The maximum absolute atomic E-state index is 12.3. The van der Waals surface area contributed by atoms with Crippen LogP contribution in [0.2, 0.25) is 5.02 Å². The number of carbonyl (C=O) groups is 2. The number of benzene rings is 1. The van der Waals surface area contributed by atoms with Crippen molar-refractivity contribution in [2.24, 2.45) is 0 Å². The third-order valence-electron chi connectivity index (χ3n) is 5.61. The van der Waals surface area contributed by atoms with Gasteiger partial charge < -0.3 is 20.1 Å². The molecule has 0 saturated carbocycles. The molecular weight excluding hydrogens is 408 g/mol. The summed E-state index contributed by atoms with van der Waals surface area (Å²) >= 11 is 6.08. The quantitative estimate of drug-likeness (QED) is 0.760. The molecule has 3 aliphatic rings. The van der Waals surface area contributed by atoms with E-state index in [1.807, 2.05) is 12.1 Å². The molecule has 2 unspecified atom stereocenters. The van der Waals surface area contributed by atoms with Gasteiger partial charge in [-0.3, -0.25) is 9.69 Å². The zero-order valence-corrected chi connectivity index (χ0v) is 16.9. The SMILES string of the molecule is O=C1COc2ccc(N3CC(CCNC4Cc5ccc(Cl)cc5C4)OC3=O)nc2N1. The van der Waals surface area contributed by atoms with Gasteiger partial charge in [-0.05, 0) is 61.2 Å². The highest BCUT2D eigenvalue weighted by atomic mass is 35.5. The van der Waals surface area contributed by atoms with E-state index in [0.717, 1.165) is 24.4 Å². The predicted molar refractivity (Wildman–Crippen MR) is 111 cm³/mol. The Balaban J connectivity index is 1.15. The second kappa shape index (κ2) is 7.77. The van der Waals surface area contributed by atoms with Crippen molar-refractivity contribution in [1.82, 2.24) is 10.3 Å². The fourth-order valence-corrected chi connectivity index (χ4v) is 4.34. The molecule has 1 aromatic carbocycles. The molecule has 1 aromatic heterocycles. The number of rotatable bonds is 5. The molecule has 8 nitrogen and oxygen atoms in total. The Bertz CT molecular complexity index is 1010. The number of anilines is 2. The van der Waals surface area contributed by atoms with E-state index in [1.165, 1.54) is 16.0 Å². The molecule has 1 fully saturated rings. The fourth-order valence-electron chi connectivity index (χ4n) is 4.14. The van der Waals surface area contributed by atoms with E-state index in [1.54, 1.807) is 12.1 Å². The minimum Gasteiger partial charge on any atom is -0.480 e. The van der Waals surface area contributed by atoms with Crippen LogP contribution < -0.4 is 20.3 Å². The van der Waals surface area contributed by atoms with E-state index in [-0.39, 0.29) is 18.6 Å². The number of nitrogens with one attached hydrogen (secondary N) is 2. The Morgan fingerprint density at radius 1 is 1.20 bits per heavy atom. The van der Waals surface area contributed by atoms with Gasteiger partial charge in [-0.25, -0.2) is 9.78 Å². The summed E-state index contributed by atoms with van der Waals surface area (Å²) < 4.78 is 10.8. The molecule has 2 N–H and O–H groups in total. The molecule has 1 saturated heterocycles. The van der Waals surface area contributed by atoms with Crippen LogP contribution in [-0.4, -0.2) is 48.8 Å². The third kappa shape index (κ3) is 3.80. The lowest BCUT2D eigenvalue weighted by Crippen LogP contribution is -2.33. The third-order valence-corrected chi connectivity index (χ3v) is 5.85. The van der Waals surface area contributed by atoms with Gasteiger partial charge in [-0.2, -0.15) is 0 Å². The summed E-state index contributed by atoms with van der Waals surface area (Å²) in [5, 5.41) is 6.98. The molecule has 0 bridgehead atoms. The average molecular weight is 429 g/mol. The highest BCUT2D eigenvalue weighted by Gasteiger charge is 2.34. The summed E-state index contributed by atoms with van der Waals surface area (Å²) in [6.07, 6.45) is 2.00. The average Bonchev–Trinajstić information content (AvgIpc) is 3.29.